The first-order valence-electron chi connectivity index (χ1n) is 3.50. The van der Waals surface area contributed by atoms with Gasteiger partial charge in [-0.3, -0.25) is 0 Å². The smallest absolute Gasteiger partial charge is 0.0739 e. The normalized spacial score (nSPS) is 7.80. The largest absolute Gasteiger partial charge is 1.00 e. The van der Waals surface area contributed by atoms with Crippen LogP contribution < -0.4 is 40.9 Å². The first kappa shape index (κ1) is 17.0. The number of rotatable bonds is 5. The molecule has 0 fully saturated rings. The lowest BCUT2D eigenvalue weighted by atomic mass is 10.2. The summed E-state index contributed by atoms with van der Waals surface area (Å²) in [6, 6.07) is 0. The van der Waals surface area contributed by atoms with E-state index in [-0.39, 0.29) is 29.4 Å². The summed E-state index contributed by atoms with van der Waals surface area (Å²) in [5.41, 5.74) is 7.54. The predicted molar refractivity (Wildman–Crippen MR) is 34.0 cm³/mol. The standard InChI is InChI=1S/C6H16N2.BrH.ClH/c7-5-3-1-2-4-6-8;;/h1-8H2;2*1H. The van der Waals surface area contributed by atoms with E-state index in [1.807, 2.05) is 0 Å². The number of quaternary nitrogens is 2. The molecule has 0 heterocycles. The zero-order chi connectivity index (χ0) is 6.24. The van der Waals surface area contributed by atoms with Crippen molar-refractivity contribution >= 4 is 0 Å². The third-order valence-corrected chi connectivity index (χ3v) is 1.25. The van der Waals surface area contributed by atoms with Gasteiger partial charge in [0.1, 0.15) is 0 Å². The van der Waals surface area contributed by atoms with Crippen molar-refractivity contribution in [2.24, 2.45) is 0 Å². The SMILES string of the molecule is [Br-].[Cl-].[NH3+]CCCCCC[NH3+]. The van der Waals surface area contributed by atoms with Crippen LogP contribution in [0, 0.1) is 0 Å². The second-order valence-corrected chi connectivity index (χ2v) is 2.12. The number of hydrogen-bond acceptors (Lipinski definition) is 0. The molecular weight excluding hydrogens is 215 g/mol. The summed E-state index contributed by atoms with van der Waals surface area (Å²) < 4.78 is 0. The molecule has 66 valence electrons. The van der Waals surface area contributed by atoms with Crippen LogP contribution in [0.2, 0.25) is 0 Å². The van der Waals surface area contributed by atoms with Gasteiger partial charge in [0.25, 0.3) is 0 Å². The van der Waals surface area contributed by atoms with Crippen LogP contribution in [0.15, 0.2) is 0 Å². The third-order valence-electron chi connectivity index (χ3n) is 1.25. The van der Waals surface area contributed by atoms with Crippen molar-refractivity contribution in [3.8, 4) is 0 Å². The van der Waals surface area contributed by atoms with Crippen LogP contribution in [0.25, 0.3) is 0 Å². The molecule has 0 aliphatic rings. The van der Waals surface area contributed by atoms with E-state index in [0.717, 1.165) is 13.1 Å². The number of hydrogen-bond donors (Lipinski definition) is 2. The highest BCUT2D eigenvalue weighted by atomic mass is 79.9. The van der Waals surface area contributed by atoms with Crippen LogP contribution in [0.1, 0.15) is 25.7 Å². The van der Waals surface area contributed by atoms with Crippen molar-refractivity contribution < 1.29 is 40.9 Å². The molecule has 0 saturated heterocycles. The zero-order valence-electron chi connectivity index (χ0n) is 6.41. The second kappa shape index (κ2) is 16.3. The molecule has 2 nitrogen and oxygen atoms in total. The third kappa shape index (κ3) is 15.9. The first-order chi connectivity index (χ1) is 3.91. The molecule has 0 aromatic heterocycles. The average Bonchev–Trinajstić information content (AvgIpc) is 1.81. The van der Waals surface area contributed by atoms with Crippen molar-refractivity contribution in [3.63, 3.8) is 0 Å². The van der Waals surface area contributed by atoms with Crippen LogP contribution in [0.3, 0.4) is 0 Å². The minimum atomic E-state index is 0. The van der Waals surface area contributed by atoms with Gasteiger partial charge in [-0.05, 0) is 25.7 Å². The Balaban J connectivity index is -0.000000245. The number of halogens is 2. The lowest BCUT2D eigenvalue weighted by molar-refractivity contribution is -0.371. The van der Waals surface area contributed by atoms with Gasteiger partial charge in [-0.2, -0.15) is 0 Å². The van der Waals surface area contributed by atoms with Crippen LogP contribution >= 0.6 is 0 Å². The summed E-state index contributed by atoms with van der Waals surface area (Å²) in [6.45, 7) is 2.19. The molecule has 0 rings (SSSR count). The van der Waals surface area contributed by atoms with E-state index in [9.17, 15) is 0 Å². The molecule has 10 heavy (non-hydrogen) atoms. The maximum atomic E-state index is 3.77. The fraction of sp³-hybridized carbons (Fsp3) is 1.00. The minimum absolute atomic E-state index is 0. The first-order valence-corrected chi connectivity index (χ1v) is 3.50. The Hall–Kier alpha value is 0.690. The Bertz CT molecular complexity index is 40.7. The Morgan fingerprint density at radius 2 is 1.00 bits per heavy atom. The molecule has 0 saturated carbocycles. The molecule has 0 aromatic rings. The fourth-order valence-electron chi connectivity index (χ4n) is 0.707. The van der Waals surface area contributed by atoms with Crippen LogP contribution in [-0.4, -0.2) is 13.1 Å². The van der Waals surface area contributed by atoms with Gasteiger partial charge in [0, 0.05) is 0 Å². The number of unbranched alkanes of at least 4 members (excludes halogenated alkanes) is 3. The van der Waals surface area contributed by atoms with Crippen molar-refractivity contribution in [2.45, 2.75) is 25.7 Å². The molecule has 0 spiro atoms. The molecule has 0 unspecified atom stereocenters. The molecule has 0 aromatic carbocycles. The summed E-state index contributed by atoms with van der Waals surface area (Å²) in [7, 11) is 0. The lowest BCUT2D eigenvalue weighted by Crippen LogP contribution is -3.00. The highest BCUT2D eigenvalue weighted by Crippen LogP contribution is 1.94. The zero-order valence-corrected chi connectivity index (χ0v) is 8.75. The Labute approximate surface area is 79.9 Å². The van der Waals surface area contributed by atoms with Crippen molar-refractivity contribution in [1.29, 1.82) is 0 Å². The average molecular weight is 234 g/mol. The topological polar surface area (TPSA) is 55.3 Å². The van der Waals surface area contributed by atoms with Crippen molar-refractivity contribution in [3.05, 3.63) is 0 Å². The minimum Gasteiger partial charge on any atom is -1.00 e. The van der Waals surface area contributed by atoms with E-state index < -0.39 is 0 Å². The van der Waals surface area contributed by atoms with Crippen molar-refractivity contribution in [1.82, 2.24) is 0 Å². The van der Waals surface area contributed by atoms with E-state index >= 15 is 0 Å². The summed E-state index contributed by atoms with van der Waals surface area (Å²) in [5.74, 6) is 0. The highest BCUT2D eigenvalue weighted by molar-refractivity contribution is 4.38. The summed E-state index contributed by atoms with van der Waals surface area (Å²) >= 11 is 0. The Morgan fingerprint density at radius 1 is 0.700 bits per heavy atom. The second-order valence-electron chi connectivity index (χ2n) is 2.12. The van der Waals surface area contributed by atoms with Gasteiger partial charge in [0.15, 0.2) is 0 Å². The predicted octanol–water partition coefficient (Wildman–Crippen LogP) is -6.96. The van der Waals surface area contributed by atoms with Crippen LogP contribution in [0.4, 0.5) is 0 Å². The molecule has 0 aliphatic heterocycles. The molecule has 0 amide bonds. The summed E-state index contributed by atoms with van der Waals surface area (Å²) in [6.07, 6.45) is 5.28. The van der Waals surface area contributed by atoms with Gasteiger partial charge < -0.3 is 40.9 Å². The molecule has 0 bridgehead atoms. The van der Waals surface area contributed by atoms with Gasteiger partial charge in [0.05, 0.1) is 13.1 Å². The maximum Gasteiger partial charge on any atom is 0.0739 e. The van der Waals surface area contributed by atoms with Gasteiger partial charge in [-0.1, -0.05) is 0 Å². The summed E-state index contributed by atoms with van der Waals surface area (Å²) in [5, 5.41) is 0. The fourth-order valence-corrected chi connectivity index (χ4v) is 0.707. The van der Waals surface area contributed by atoms with Crippen LogP contribution in [0.5, 0.6) is 0 Å². The van der Waals surface area contributed by atoms with E-state index in [0.29, 0.717) is 0 Å². The van der Waals surface area contributed by atoms with E-state index in [2.05, 4.69) is 11.5 Å². The molecule has 0 aliphatic carbocycles. The maximum absolute atomic E-state index is 3.77. The summed E-state index contributed by atoms with van der Waals surface area (Å²) in [4.78, 5) is 0. The molecule has 0 radical (unpaired) electrons. The van der Waals surface area contributed by atoms with Crippen LogP contribution in [-0.2, 0) is 0 Å². The van der Waals surface area contributed by atoms with E-state index in [1.165, 1.54) is 25.7 Å². The van der Waals surface area contributed by atoms with E-state index in [4.69, 9.17) is 0 Å². The lowest BCUT2D eigenvalue weighted by Gasteiger charge is -1.91. The molecule has 4 heteroatoms. The van der Waals surface area contributed by atoms with Gasteiger partial charge in [-0.25, -0.2) is 0 Å². The monoisotopic (exact) mass is 232 g/mol. The highest BCUT2D eigenvalue weighted by Gasteiger charge is 1.86. The van der Waals surface area contributed by atoms with Crippen molar-refractivity contribution in [2.75, 3.05) is 13.1 Å². The quantitative estimate of drug-likeness (QED) is 0.444. The van der Waals surface area contributed by atoms with Gasteiger partial charge in [-0.15, -0.1) is 0 Å². The molecular formula is C6H18BrClN2. The Morgan fingerprint density at radius 3 is 1.20 bits per heavy atom. The molecule has 6 N–H and O–H groups in total. The molecule has 0 atom stereocenters. The van der Waals surface area contributed by atoms with E-state index in [1.54, 1.807) is 0 Å². The Kier molecular flexibility index (Phi) is 27.8. The van der Waals surface area contributed by atoms with Gasteiger partial charge >= 0.3 is 0 Å². The van der Waals surface area contributed by atoms with Gasteiger partial charge in [0.2, 0.25) is 0 Å².